The van der Waals surface area contributed by atoms with Gasteiger partial charge in [-0.3, -0.25) is 4.68 Å². The lowest BCUT2D eigenvalue weighted by Gasteiger charge is -2.15. The van der Waals surface area contributed by atoms with Crippen molar-refractivity contribution in [2.75, 3.05) is 20.6 Å². The van der Waals surface area contributed by atoms with Gasteiger partial charge in [0.25, 0.3) is 0 Å². The third-order valence-corrected chi connectivity index (χ3v) is 4.80. The second-order valence-electron chi connectivity index (χ2n) is 5.19. The molecule has 0 bridgehead atoms. The molecule has 1 atom stereocenters. The molecule has 2 rings (SSSR count). The highest BCUT2D eigenvalue weighted by Crippen LogP contribution is 2.33. The van der Waals surface area contributed by atoms with Crippen molar-refractivity contribution in [1.29, 1.82) is 0 Å². The number of rotatable bonds is 5. The maximum Gasteiger partial charge on any atom is 0.131 e. The van der Waals surface area contributed by atoms with Gasteiger partial charge in [0.1, 0.15) is 6.10 Å². The van der Waals surface area contributed by atoms with E-state index in [4.69, 9.17) is 11.6 Å². The number of hydrogen-bond donors (Lipinski definition) is 1. The molecule has 1 N–H and O–H groups in total. The minimum atomic E-state index is -0.718. The summed E-state index contributed by atoms with van der Waals surface area (Å²) in [5.41, 5.74) is 1.87. The lowest BCUT2D eigenvalue weighted by Crippen LogP contribution is -2.21. The number of hydrogen-bond acceptors (Lipinski definition) is 4. The molecule has 1 unspecified atom stereocenters. The number of aliphatic hydroxyl groups is 1. The Morgan fingerprint density at radius 1 is 1.45 bits per heavy atom. The van der Waals surface area contributed by atoms with Crippen molar-refractivity contribution in [2.45, 2.75) is 26.5 Å². The molecule has 110 valence electrons. The third-order valence-electron chi connectivity index (χ3n) is 3.31. The van der Waals surface area contributed by atoms with Crippen LogP contribution in [-0.2, 0) is 6.54 Å². The molecule has 0 amide bonds. The van der Waals surface area contributed by atoms with Gasteiger partial charge in [-0.2, -0.15) is 5.10 Å². The smallest absolute Gasteiger partial charge is 0.131 e. The third kappa shape index (κ3) is 3.23. The summed E-state index contributed by atoms with van der Waals surface area (Å²) < 4.78 is 1.79. The monoisotopic (exact) mass is 313 g/mol. The molecule has 0 saturated carbocycles. The summed E-state index contributed by atoms with van der Waals surface area (Å²) in [5, 5.41) is 15.4. The van der Waals surface area contributed by atoms with E-state index >= 15 is 0 Å². The van der Waals surface area contributed by atoms with Gasteiger partial charge in [-0.25, -0.2) is 0 Å². The Morgan fingerprint density at radius 3 is 2.70 bits per heavy atom. The van der Waals surface area contributed by atoms with Gasteiger partial charge < -0.3 is 10.0 Å². The SMILES string of the molecule is Cc1cc(C(O)c2c(Cl)cnn2CCN(C)C)sc1C. The van der Waals surface area contributed by atoms with Crippen LogP contribution in [0.1, 0.15) is 27.1 Å². The van der Waals surface area contributed by atoms with E-state index in [1.165, 1.54) is 10.4 Å². The number of aliphatic hydroxyl groups excluding tert-OH is 1. The molecule has 0 saturated heterocycles. The second kappa shape index (κ2) is 6.26. The van der Waals surface area contributed by atoms with Gasteiger partial charge in [-0.15, -0.1) is 11.3 Å². The van der Waals surface area contributed by atoms with Gasteiger partial charge in [0.2, 0.25) is 0 Å². The Bertz CT molecular complexity index is 572. The topological polar surface area (TPSA) is 41.3 Å². The van der Waals surface area contributed by atoms with E-state index in [-0.39, 0.29) is 0 Å². The predicted molar refractivity (Wildman–Crippen MR) is 83.6 cm³/mol. The van der Waals surface area contributed by atoms with Crippen LogP contribution < -0.4 is 0 Å². The summed E-state index contributed by atoms with van der Waals surface area (Å²) in [7, 11) is 4.01. The molecule has 4 nitrogen and oxygen atoms in total. The van der Waals surface area contributed by atoms with Crippen molar-refractivity contribution in [3.63, 3.8) is 0 Å². The van der Waals surface area contributed by atoms with Crippen LogP contribution in [-0.4, -0.2) is 40.4 Å². The number of halogens is 1. The van der Waals surface area contributed by atoms with Crippen LogP contribution in [0.5, 0.6) is 0 Å². The molecule has 0 fully saturated rings. The van der Waals surface area contributed by atoms with Crippen molar-refractivity contribution in [3.8, 4) is 0 Å². The molecular weight excluding hydrogens is 294 g/mol. The summed E-state index contributed by atoms with van der Waals surface area (Å²) in [5.74, 6) is 0. The highest BCUT2D eigenvalue weighted by atomic mass is 35.5. The Morgan fingerprint density at radius 2 is 2.15 bits per heavy atom. The second-order valence-corrected chi connectivity index (χ2v) is 6.89. The largest absolute Gasteiger partial charge is 0.381 e. The van der Waals surface area contributed by atoms with E-state index in [0.29, 0.717) is 17.3 Å². The molecule has 0 spiro atoms. The van der Waals surface area contributed by atoms with Crippen LogP contribution in [0.25, 0.3) is 0 Å². The number of nitrogens with zero attached hydrogens (tertiary/aromatic N) is 3. The lowest BCUT2D eigenvalue weighted by atomic mass is 10.2. The minimum absolute atomic E-state index is 0.514. The molecule has 0 aliphatic heterocycles. The molecule has 0 aliphatic rings. The first-order chi connectivity index (χ1) is 9.40. The number of likely N-dealkylation sites (N-methyl/N-ethyl adjacent to an activating group) is 1. The van der Waals surface area contributed by atoms with Crippen molar-refractivity contribution in [2.24, 2.45) is 0 Å². The molecule has 6 heteroatoms. The van der Waals surface area contributed by atoms with Crippen molar-refractivity contribution < 1.29 is 5.11 Å². The van der Waals surface area contributed by atoms with Crippen molar-refractivity contribution in [3.05, 3.63) is 38.3 Å². The normalized spacial score (nSPS) is 13.2. The molecule has 2 aromatic heterocycles. The summed E-state index contributed by atoms with van der Waals surface area (Å²) >= 11 is 7.80. The zero-order valence-corrected chi connectivity index (χ0v) is 13.8. The van der Waals surface area contributed by atoms with Gasteiger partial charge in [0.05, 0.1) is 23.5 Å². The van der Waals surface area contributed by atoms with Crippen LogP contribution in [0.15, 0.2) is 12.3 Å². The number of aryl methyl sites for hydroxylation is 2. The fourth-order valence-corrected chi connectivity index (χ4v) is 3.26. The van der Waals surface area contributed by atoms with Gasteiger partial charge in [0.15, 0.2) is 0 Å². The zero-order chi connectivity index (χ0) is 14.9. The summed E-state index contributed by atoms with van der Waals surface area (Å²) in [6, 6.07) is 2.02. The van der Waals surface area contributed by atoms with Gasteiger partial charge >= 0.3 is 0 Å². The zero-order valence-electron chi connectivity index (χ0n) is 12.2. The van der Waals surface area contributed by atoms with E-state index in [9.17, 15) is 5.11 Å². The average Bonchev–Trinajstić information content (AvgIpc) is 2.90. The number of aromatic nitrogens is 2. The first-order valence-electron chi connectivity index (χ1n) is 6.51. The van der Waals surface area contributed by atoms with Crippen LogP contribution >= 0.6 is 22.9 Å². The Hall–Kier alpha value is -0.880. The van der Waals surface area contributed by atoms with Gasteiger partial charge in [-0.05, 0) is 39.6 Å². The van der Waals surface area contributed by atoms with Crippen molar-refractivity contribution in [1.82, 2.24) is 14.7 Å². The van der Waals surface area contributed by atoms with Gasteiger partial charge in [0, 0.05) is 16.3 Å². The van der Waals surface area contributed by atoms with E-state index < -0.39 is 6.10 Å². The summed E-state index contributed by atoms with van der Waals surface area (Å²) in [6.45, 7) is 5.66. The quantitative estimate of drug-likeness (QED) is 0.923. The van der Waals surface area contributed by atoms with Gasteiger partial charge in [-0.1, -0.05) is 11.6 Å². The van der Waals surface area contributed by atoms with Crippen LogP contribution in [0, 0.1) is 13.8 Å². The molecule has 2 aromatic rings. The van der Waals surface area contributed by atoms with E-state index in [1.807, 2.05) is 27.1 Å². The van der Waals surface area contributed by atoms with E-state index in [2.05, 4.69) is 16.9 Å². The Balaban J connectivity index is 2.29. The van der Waals surface area contributed by atoms with Crippen molar-refractivity contribution >= 4 is 22.9 Å². The first kappa shape index (κ1) is 15.5. The summed E-state index contributed by atoms with van der Waals surface area (Å²) in [6.07, 6.45) is 0.882. The average molecular weight is 314 g/mol. The molecule has 2 heterocycles. The Labute approximate surface area is 128 Å². The molecule has 20 heavy (non-hydrogen) atoms. The maximum atomic E-state index is 10.6. The fourth-order valence-electron chi connectivity index (χ4n) is 1.99. The minimum Gasteiger partial charge on any atom is -0.381 e. The lowest BCUT2D eigenvalue weighted by molar-refractivity contribution is 0.209. The highest BCUT2D eigenvalue weighted by molar-refractivity contribution is 7.12. The Kier molecular flexibility index (Phi) is 4.86. The maximum absolute atomic E-state index is 10.6. The summed E-state index contributed by atoms with van der Waals surface area (Å²) in [4.78, 5) is 4.20. The first-order valence-corrected chi connectivity index (χ1v) is 7.70. The van der Waals surface area contributed by atoms with Crippen LogP contribution in [0.4, 0.5) is 0 Å². The molecular formula is C14H20ClN3OS. The van der Waals surface area contributed by atoms with Crippen LogP contribution in [0.2, 0.25) is 5.02 Å². The van der Waals surface area contributed by atoms with E-state index in [0.717, 1.165) is 11.4 Å². The molecule has 0 aromatic carbocycles. The molecule has 0 radical (unpaired) electrons. The molecule has 0 aliphatic carbocycles. The van der Waals surface area contributed by atoms with Crippen LogP contribution in [0.3, 0.4) is 0 Å². The highest BCUT2D eigenvalue weighted by Gasteiger charge is 2.22. The standard InChI is InChI=1S/C14H20ClN3OS/c1-9-7-12(20-10(9)2)14(19)13-11(15)8-16-18(13)6-5-17(3)4/h7-8,14,19H,5-6H2,1-4H3. The number of thiophene rings is 1. The fraction of sp³-hybridized carbons (Fsp3) is 0.500. The predicted octanol–water partition coefficient (Wildman–Crippen LogP) is 2.86. The van der Waals surface area contributed by atoms with E-state index in [1.54, 1.807) is 22.2 Å².